The van der Waals surface area contributed by atoms with E-state index in [2.05, 4.69) is 15.9 Å². The van der Waals surface area contributed by atoms with Gasteiger partial charge in [0.2, 0.25) is 5.75 Å². The number of ether oxygens (including phenoxy) is 1. The van der Waals surface area contributed by atoms with Gasteiger partial charge in [-0.05, 0) is 13.0 Å². The van der Waals surface area contributed by atoms with Gasteiger partial charge >= 0.3 is 5.69 Å². The van der Waals surface area contributed by atoms with Gasteiger partial charge < -0.3 is 4.74 Å². The number of hydrogen-bond donors (Lipinski definition) is 0. The molecule has 14 heavy (non-hydrogen) atoms. The van der Waals surface area contributed by atoms with E-state index in [-0.39, 0.29) is 18.0 Å². The van der Waals surface area contributed by atoms with Crippen LogP contribution in [0.5, 0.6) is 5.75 Å². The molecule has 0 amide bonds. The van der Waals surface area contributed by atoms with Crippen LogP contribution in [0, 0.1) is 15.9 Å². The maximum atomic E-state index is 13.2. The van der Waals surface area contributed by atoms with Crippen molar-refractivity contribution in [2.24, 2.45) is 0 Å². The average molecular weight is 264 g/mol. The minimum atomic E-state index is -0.743. The van der Waals surface area contributed by atoms with Gasteiger partial charge in [-0.3, -0.25) is 10.1 Å². The highest BCUT2D eigenvalue weighted by atomic mass is 79.9. The lowest BCUT2D eigenvalue weighted by atomic mass is 10.3. The second-order valence-corrected chi connectivity index (χ2v) is 3.34. The van der Waals surface area contributed by atoms with Crippen LogP contribution in [0.1, 0.15) is 6.92 Å². The van der Waals surface area contributed by atoms with Gasteiger partial charge in [0.15, 0.2) is 5.82 Å². The number of nitro groups is 1. The van der Waals surface area contributed by atoms with E-state index >= 15 is 0 Å². The summed E-state index contributed by atoms with van der Waals surface area (Å²) >= 11 is 2.97. The maximum absolute atomic E-state index is 13.2. The molecule has 1 aromatic carbocycles. The summed E-state index contributed by atoms with van der Waals surface area (Å²) in [5, 5.41) is 10.5. The molecule has 0 fully saturated rings. The summed E-state index contributed by atoms with van der Waals surface area (Å²) in [6, 6.07) is 2.33. The quantitative estimate of drug-likeness (QED) is 0.623. The molecule has 0 bridgehead atoms. The standard InChI is InChI=1S/C8H7BrFNO3/c1-2-14-8-6(10)3-5(9)4-7(8)11(12)13/h3-4H,2H2,1H3. The van der Waals surface area contributed by atoms with Crippen LogP contribution in [0.2, 0.25) is 0 Å². The Kier molecular flexibility index (Phi) is 3.40. The van der Waals surface area contributed by atoms with Crippen molar-refractivity contribution in [3.05, 3.63) is 32.5 Å². The van der Waals surface area contributed by atoms with Crippen molar-refractivity contribution in [2.45, 2.75) is 6.92 Å². The summed E-state index contributed by atoms with van der Waals surface area (Å²) < 4.78 is 18.4. The number of hydrogen-bond acceptors (Lipinski definition) is 3. The molecule has 0 spiro atoms. The molecular formula is C8H7BrFNO3. The first-order valence-electron chi connectivity index (χ1n) is 3.82. The Morgan fingerprint density at radius 1 is 1.64 bits per heavy atom. The molecule has 0 aliphatic heterocycles. The molecule has 0 saturated heterocycles. The molecule has 0 atom stereocenters. The Morgan fingerprint density at radius 3 is 2.79 bits per heavy atom. The second kappa shape index (κ2) is 4.36. The molecule has 1 aromatic rings. The number of nitro benzene ring substituents is 1. The number of halogens is 2. The highest BCUT2D eigenvalue weighted by Gasteiger charge is 2.20. The highest BCUT2D eigenvalue weighted by Crippen LogP contribution is 2.33. The summed E-state index contributed by atoms with van der Waals surface area (Å²) in [6.45, 7) is 1.81. The van der Waals surface area contributed by atoms with Crippen molar-refractivity contribution < 1.29 is 14.1 Å². The molecule has 0 radical (unpaired) electrons. The summed E-state index contributed by atoms with van der Waals surface area (Å²) in [7, 11) is 0. The van der Waals surface area contributed by atoms with Crippen LogP contribution in [-0.2, 0) is 0 Å². The van der Waals surface area contributed by atoms with E-state index in [1.807, 2.05) is 0 Å². The molecule has 0 unspecified atom stereocenters. The lowest BCUT2D eigenvalue weighted by Gasteiger charge is -2.05. The molecule has 0 aliphatic carbocycles. The van der Waals surface area contributed by atoms with E-state index in [4.69, 9.17) is 4.74 Å². The number of rotatable bonds is 3. The van der Waals surface area contributed by atoms with Crippen molar-refractivity contribution in [1.29, 1.82) is 0 Å². The molecule has 0 heterocycles. The topological polar surface area (TPSA) is 52.4 Å². The zero-order valence-electron chi connectivity index (χ0n) is 7.29. The number of nitrogens with zero attached hydrogens (tertiary/aromatic N) is 1. The second-order valence-electron chi connectivity index (χ2n) is 2.43. The molecular weight excluding hydrogens is 257 g/mol. The normalized spacial score (nSPS) is 9.93. The third kappa shape index (κ3) is 2.20. The van der Waals surface area contributed by atoms with Gasteiger partial charge in [0, 0.05) is 10.5 Å². The van der Waals surface area contributed by atoms with Gasteiger partial charge in [-0.2, -0.15) is 0 Å². The van der Waals surface area contributed by atoms with Crippen LogP contribution in [0.15, 0.2) is 16.6 Å². The van der Waals surface area contributed by atoms with Crippen molar-refractivity contribution in [3.8, 4) is 5.75 Å². The largest absolute Gasteiger partial charge is 0.485 e. The Balaban J connectivity index is 3.28. The fourth-order valence-electron chi connectivity index (χ4n) is 0.970. The average Bonchev–Trinajstić information content (AvgIpc) is 2.09. The Hall–Kier alpha value is -1.17. The first-order chi connectivity index (χ1) is 6.56. The first kappa shape index (κ1) is 10.9. The fourth-order valence-corrected chi connectivity index (χ4v) is 1.39. The van der Waals surface area contributed by atoms with Crippen LogP contribution >= 0.6 is 15.9 Å². The summed E-state index contributed by atoms with van der Waals surface area (Å²) in [6.07, 6.45) is 0. The number of benzene rings is 1. The third-order valence-corrected chi connectivity index (χ3v) is 1.93. The van der Waals surface area contributed by atoms with Gasteiger partial charge in [0.05, 0.1) is 11.5 Å². The summed E-state index contributed by atoms with van der Waals surface area (Å²) in [5.41, 5.74) is -0.376. The van der Waals surface area contributed by atoms with Gasteiger partial charge in [-0.25, -0.2) is 4.39 Å². The van der Waals surface area contributed by atoms with Crippen molar-refractivity contribution in [2.75, 3.05) is 6.61 Å². The highest BCUT2D eigenvalue weighted by molar-refractivity contribution is 9.10. The molecule has 76 valence electrons. The Morgan fingerprint density at radius 2 is 2.29 bits per heavy atom. The van der Waals surface area contributed by atoms with Crippen molar-refractivity contribution in [1.82, 2.24) is 0 Å². The lowest BCUT2D eigenvalue weighted by molar-refractivity contribution is -0.386. The van der Waals surface area contributed by atoms with Gasteiger partial charge in [-0.15, -0.1) is 0 Å². The van der Waals surface area contributed by atoms with E-state index in [9.17, 15) is 14.5 Å². The van der Waals surface area contributed by atoms with Crippen LogP contribution in [0.4, 0.5) is 10.1 Å². The SMILES string of the molecule is CCOc1c(F)cc(Br)cc1[N+](=O)[O-]. The van der Waals surface area contributed by atoms with E-state index in [0.717, 1.165) is 6.07 Å². The van der Waals surface area contributed by atoms with Gasteiger partial charge in [0.1, 0.15) is 0 Å². The molecule has 1 rings (SSSR count). The van der Waals surface area contributed by atoms with Gasteiger partial charge in [0.25, 0.3) is 0 Å². The van der Waals surface area contributed by atoms with Crippen LogP contribution < -0.4 is 4.74 Å². The maximum Gasteiger partial charge on any atom is 0.315 e. The van der Waals surface area contributed by atoms with Crippen LogP contribution in [0.3, 0.4) is 0 Å². The molecule has 0 N–H and O–H groups in total. The Bertz CT molecular complexity index is 370. The van der Waals surface area contributed by atoms with Gasteiger partial charge in [-0.1, -0.05) is 15.9 Å². The van der Waals surface area contributed by atoms with E-state index in [1.54, 1.807) is 6.92 Å². The zero-order valence-corrected chi connectivity index (χ0v) is 8.88. The first-order valence-corrected chi connectivity index (χ1v) is 4.61. The van der Waals surface area contributed by atoms with Crippen LogP contribution in [-0.4, -0.2) is 11.5 Å². The zero-order chi connectivity index (χ0) is 10.7. The smallest absolute Gasteiger partial charge is 0.315 e. The van der Waals surface area contributed by atoms with Crippen molar-refractivity contribution >= 4 is 21.6 Å². The predicted molar refractivity (Wildman–Crippen MR) is 51.9 cm³/mol. The van der Waals surface area contributed by atoms with Crippen LogP contribution in [0.25, 0.3) is 0 Å². The van der Waals surface area contributed by atoms with E-state index in [1.165, 1.54) is 6.07 Å². The molecule has 0 saturated carbocycles. The Labute approximate surface area is 88.0 Å². The summed E-state index contributed by atoms with van der Waals surface area (Å²) in [5.74, 6) is -1.06. The molecule has 6 heteroatoms. The van der Waals surface area contributed by atoms with E-state index in [0.29, 0.717) is 4.47 Å². The minimum Gasteiger partial charge on any atom is -0.485 e. The minimum absolute atomic E-state index is 0.180. The summed E-state index contributed by atoms with van der Waals surface area (Å²) in [4.78, 5) is 9.86. The van der Waals surface area contributed by atoms with Crippen molar-refractivity contribution in [3.63, 3.8) is 0 Å². The fraction of sp³-hybridized carbons (Fsp3) is 0.250. The van der Waals surface area contributed by atoms with E-state index < -0.39 is 10.7 Å². The molecule has 0 aliphatic rings. The predicted octanol–water partition coefficient (Wildman–Crippen LogP) is 2.90. The lowest BCUT2D eigenvalue weighted by Crippen LogP contribution is -2.00. The monoisotopic (exact) mass is 263 g/mol. The molecule has 0 aromatic heterocycles. The third-order valence-electron chi connectivity index (χ3n) is 1.47. The molecule has 4 nitrogen and oxygen atoms in total.